The van der Waals surface area contributed by atoms with Gasteiger partial charge in [-0.1, -0.05) is 23.2 Å². The Morgan fingerprint density at radius 1 is 1.40 bits per heavy atom. The van der Waals surface area contributed by atoms with E-state index in [4.69, 9.17) is 28.3 Å². The summed E-state index contributed by atoms with van der Waals surface area (Å²) in [7, 11) is -5.12. The summed E-state index contributed by atoms with van der Waals surface area (Å²) in [6.45, 7) is 0.147. The van der Waals surface area contributed by atoms with Crippen LogP contribution in [0.4, 0.5) is 0 Å². The molecule has 0 aliphatic heterocycles. The normalized spacial score (nSPS) is 13.0. The number of hydrogen-bond donors (Lipinski definition) is 2. The van der Waals surface area contributed by atoms with Crippen LogP contribution >= 0.6 is 23.2 Å². The minimum atomic E-state index is -4.06. The van der Waals surface area contributed by atoms with E-state index in [1.807, 2.05) is 0 Å². The zero-order valence-electron chi connectivity index (χ0n) is 10.4. The third-order valence-corrected chi connectivity index (χ3v) is 4.82. The predicted molar refractivity (Wildman–Crippen MR) is 79.1 cm³/mol. The number of carbonyl (C=O) groups excluding carboxylic acids is 1. The van der Waals surface area contributed by atoms with Gasteiger partial charge in [-0.25, -0.2) is 13.6 Å². The van der Waals surface area contributed by atoms with Crippen LogP contribution in [-0.2, 0) is 20.8 Å². The minimum absolute atomic E-state index is 0.00230. The number of amides is 1. The van der Waals surface area contributed by atoms with E-state index < -0.39 is 26.7 Å². The Hall–Kier alpha value is -0.670. The van der Waals surface area contributed by atoms with Crippen LogP contribution in [0.1, 0.15) is 10.4 Å². The monoisotopic (exact) mass is 358 g/mol. The van der Waals surface area contributed by atoms with Gasteiger partial charge in [-0.05, 0) is 12.1 Å². The molecule has 0 fully saturated rings. The Bertz CT molecular complexity index is 661. The first-order valence-electron chi connectivity index (χ1n) is 5.23. The third kappa shape index (κ3) is 4.42. The van der Waals surface area contributed by atoms with E-state index in [0.717, 1.165) is 6.07 Å². The predicted octanol–water partition coefficient (Wildman–Crippen LogP) is 0.749. The van der Waals surface area contributed by atoms with E-state index in [9.17, 15) is 17.4 Å². The smallest absolute Gasteiger partial charge is 0.254 e. The van der Waals surface area contributed by atoms with Crippen LogP contribution in [0.5, 0.6) is 0 Å². The van der Waals surface area contributed by atoms with Crippen LogP contribution in [0, 0.1) is 0 Å². The second-order valence-electron chi connectivity index (χ2n) is 3.81. The van der Waals surface area contributed by atoms with Gasteiger partial charge < -0.3 is 5.32 Å². The third-order valence-electron chi connectivity index (χ3n) is 2.26. The molecule has 0 spiro atoms. The van der Waals surface area contributed by atoms with Gasteiger partial charge in [-0.3, -0.25) is 9.00 Å². The van der Waals surface area contributed by atoms with Gasteiger partial charge >= 0.3 is 0 Å². The largest absolute Gasteiger partial charge is 0.351 e. The van der Waals surface area contributed by atoms with Crippen LogP contribution in [0.2, 0.25) is 10.0 Å². The number of hydrogen-bond acceptors (Lipinski definition) is 4. The molecule has 0 saturated carbocycles. The second-order valence-corrected chi connectivity index (χ2v) is 7.68. The van der Waals surface area contributed by atoms with Crippen molar-refractivity contribution in [3.8, 4) is 0 Å². The number of nitrogens with two attached hydrogens (primary N) is 1. The molecule has 1 atom stereocenters. The van der Waals surface area contributed by atoms with Gasteiger partial charge in [0.05, 0.1) is 15.6 Å². The van der Waals surface area contributed by atoms with Crippen molar-refractivity contribution in [3.63, 3.8) is 0 Å². The number of benzene rings is 1. The van der Waals surface area contributed by atoms with Crippen molar-refractivity contribution in [2.45, 2.75) is 4.90 Å². The van der Waals surface area contributed by atoms with Gasteiger partial charge in [0.15, 0.2) is 0 Å². The van der Waals surface area contributed by atoms with Crippen molar-refractivity contribution in [1.29, 1.82) is 0 Å². The Morgan fingerprint density at radius 3 is 2.50 bits per heavy atom. The summed E-state index contributed by atoms with van der Waals surface area (Å²) in [4.78, 5) is 11.6. The van der Waals surface area contributed by atoms with E-state index in [1.165, 1.54) is 12.3 Å². The molecule has 1 unspecified atom stereocenters. The van der Waals surface area contributed by atoms with Gasteiger partial charge in [-0.2, -0.15) is 0 Å². The molecule has 0 radical (unpaired) electrons. The molecule has 0 heterocycles. The number of carbonyl (C=O) groups is 1. The van der Waals surface area contributed by atoms with Crippen molar-refractivity contribution in [3.05, 3.63) is 27.7 Å². The highest BCUT2D eigenvalue weighted by Gasteiger charge is 2.22. The van der Waals surface area contributed by atoms with E-state index in [-0.39, 0.29) is 32.8 Å². The first-order chi connectivity index (χ1) is 9.14. The number of primary sulfonamides is 1. The summed E-state index contributed by atoms with van der Waals surface area (Å²) in [6, 6.07) is 2.35. The fourth-order valence-electron chi connectivity index (χ4n) is 1.36. The highest BCUT2D eigenvalue weighted by Crippen LogP contribution is 2.30. The standard InChI is InChI=1S/C10H12Cl2N2O4S2/c1-19(16)5-4-14-10(15)8-6(11)2-3-7(9(8)12)20(13,17)18/h2-3H,4-5H2,1H3,(H,14,15)(H2,13,17,18). The highest BCUT2D eigenvalue weighted by atomic mass is 35.5. The molecule has 0 aliphatic carbocycles. The first-order valence-corrected chi connectivity index (χ1v) is 9.26. The van der Waals surface area contributed by atoms with E-state index in [0.29, 0.717) is 0 Å². The number of nitrogens with one attached hydrogen (secondary N) is 1. The maximum absolute atomic E-state index is 11.9. The maximum Gasteiger partial charge on any atom is 0.254 e. The molecule has 0 aliphatic rings. The lowest BCUT2D eigenvalue weighted by atomic mass is 10.2. The van der Waals surface area contributed by atoms with Crippen LogP contribution in [0.15, 0.2) is 17.0 Å². The highest BCUT2D eigenvalue weighted by molar-refractivity contribution is 7.89. The SMILES string of the molecule is CS(=O)CCNC(=O)c1c(Cl)ccc(S(N)(=O)=O)c1Cl. The molecular weight excluding hydrogens is 347 g/mol. The maximum atomic E-state index is 11.9. The number of sulfonamides is 1. The molecular formula is C10H12Cl2N2O4S2. The van der Waals surface area contributed by atoms with Crippen LogP contribution in [0.25, 0.3) is 0 Å². The van der Waals surface area contributed by atoms with Gasteiger partial charge in [-0.15, -0.1) is 0 Å². The van der Waals surface area contributed by atoms with Crippen molar-refractivity contribution >= 4 is 49.9 Å². The second kappa shape index (κ2) is 6.86. The zero-order chi connectivity index (χ0) is 15.5. The fourth-order valence-corrected chi connectivity index (χ4v) is 3.22. The molecule has 0 bridgehead atoms. The number of rotatable bonds is 5. The molecule has 10 heteroatoms. The molecule has 0 saturated heterocycles. The van der Waals surface area contributed by atoms with Crippen molar-refractivity contribution in [2.24, 2.45) is 5.14 Å². The van der Waals surface area contributed by atoms with Gasteiger partial charge in [0, 0.05) is 29.4 Å². The van der Waals surface area contributed by atoms with E-state index in [1.54, 1.807) is 0 Å². The summed E-state index contributed by atoms with van der Waals surface area (Å²) >= 11 is 11.7. The molecule has 0 aromatic heterocycles. The molecule has 3 N–H and O–H groups in total. The Balaban J connectivity index is 3.11. The zero-order valence-corrected chi connectivity index (χ0v) is 13.5. The Morgan fingerprint density at radius 2 is 2.00 bits per heavy atom. The summed E-state index contributed by atoms with van der Waals surface area (Å²) in [5, 5.41) is 7.10. The summed E-state index contributed by atoms with van der Waals surface area (Å²) in [5.74, 6) is -0.397. The molecule has 112 valence electrons. The van der Waals surface area contributed by atoms with E-state index in [2.05, 4.69) is 5.32 Å². The Labute approximate surface area is 129 Å². The first kappa shape index (κ1) is 17.4. The van der Waals surface area contributed by atoms with Gasteiger partial charge in [0.1, 0.15) is 4.90 Å². The molecule has 1 aromatic carbocycles. The van der Waals surface area contributed by atoms with Gasteiger partial charge in [0.2, 0.25) is 10.0 Å². The lowest BCUT2D eigenvalue weighted by molar-refractivity contribution is 0.0956. The average molecular weight is 359 g/mol. The topological polar surface area (TPSA) is 106 Å². The van der Waals surface area contributed by atoms with Crippen LogP contribution in [-0.4, -0.2) is 37.1 Å². The Kier molecular flexibility index (Phi) is 5.96. The molecule has 20 heavy (non-hydrogen) atoms. The molecule has 1 amide bonds. The summed E-state index contributed by atoms with van der Waals surface area (Å²) in [5.41, 5.74) is -0.179. The lowest BCUT2D eigenvalue weighted by Gasteiger charge is -2.10. The molecule has 1 rings (SSSR count). The summed E-state index contributed by atoms with van der Waals surface area (Å²) in [6.07, 6.45) is 1.49. The quantitative estimate of drug-likeness (QED) is 0.809. The molecule has 6 nitrogen and oxygen atoms in total. The lowest BCUT2D eigenvalue weighted by Crippen LogP contribution is -2.28. The average Bonchev–Trinajstić information content (AvgIpc) is 2.26. The fraction of sp³-hybridized carbons (Fsp3) is 0.300. The van der Waals surface area contributed by atoms with E-state index >= 15 is 0 Å². The van der Waals surface area contributed by atoms with Crippen molar-refractivity contribution in [1.82, 2.24) is 5.32 Å². The number of halogens is 2. The van der Waals surface area contributed by atoms with Crippen LogP contribution in [0.3, 0.4) is 0 Å². The van der Waals surface area contributed by atoms with Crippen LogP contribution < -0.4 is 10.5 Å². The van der Waals surface area contributed by atoms with Crippen molar-refractivity contribution < 1.29 is 17.4 Å². The minimum Gasteiger partial charge on any atom is -0.351 e. The van der Waals surface area contributed by atoms with Gasteiger partial charge in [0.25, 0.3) is 5.91 Å². The summed E-state index contributed by atoms with van der Waals surface area (Å²) < 4.78 is 33.5. The molecule has 1 aromatic rings. The van der Waals surface area contributed by atoms with Crippen molar-refractivity contribution in [2.75, 3.05) is 18.6 Å².